The third kappa shape index (κ3) is 3.48. The third-order valence-electron chi connectivity index (χ3n) is 4.54. The minimum atomic E-state index is -3.63. The van der Waals surface area contributed by atoms with Crippen molar-refractivity contribution in [2.75, 3.05) is 13.2 Å². The van der Waals surface area contributed by atoms with Gasteiger partial charge in [-0.1, -0.05) is 55.5 Å². The fourth-order valence-electron chi connectivity index (χ4n) is 3.38. The van der Waals surface area contributed by atoms with Gasteiger partial charge in [0.2, 0.25) is 10.0 Å². The second-order valence-electron chi connectivity index (χ2n) is 6.07. The second kappa shape index (κ2) is 7.66. The van der Waals surface area contributed by atoms with E-state index in [-0.39, 0.29) is 30.2 Å². The van der Waals surface area contributed by atoms with Crippen LogP contribution < -0.4 is 0 Å². The standard InChI is InChI=1S/C19H23NO4S/c1-2-17-19(24-14-15-8-4-3-5-9-15)16-10-6-7-11-18(16)25(22,23)20(17)12-13-21/h3-11,17,19,21H,2,12-14H2,1H3/t17-,19-/m1/s1. The van der Waals surface area contributed by atoms with Crippen LogP contribution in [0.2, 0.25) is 0 Å². The number of aliphatic hydroxyl groups is 1. The lowest BCUT2D eigenvalue weighted by Gasteiger charge is -2.40. The predicted molar refractivity (Wildman–Crippen MR) is 95.5 cm³/mol. The molecule has 6 heteroatoms. The van der Waals surface area contributed by atoms with Gasteiger partial charge in [-0.15, -0.1) is 0 Å². The van der Waals surface area contributed by atoms with Gasteiger partial charge in [-0.3, -0.25) is 0 Å². The Balaban J connectivity index is 1.99. The number of rotatable bonds is 6. The van der Waals surface area contributed by atoms with Crippen molar-refractivity contribution in [1.82, 2.24) is 4.31 Å². The summed E-state index contributed by atoms with van der Waals surface area (Å²) in [6.07, 6.45) is 0.240. The molecule has 5 nitrogen and oxygen atoms in total. The smallest absolute Gasteiger partial charge is 0.243 e. The van der Waals surface area contributed by atoms with E-state index in [0.29, 0.717) is 18.6 Å². The summed E-state index contributed by atoms with van der Waals surface area (Å²) in [6.45, 7) is 2.20. The van der Waals surface area contributed by atoms with E-state index in [1.807, 2.05) is 49.4 Å². The molecule has 2 aromatic carbocycles. The zero-order chi connectivity index (χ0) is 17.9. The quantitative estimate of drug-likeness (QED) is 0.859. The van der Waals surface area contributed by atoms with E-state index < -0.39 is 10.0 Å². The van der Waals surface area contributed by atoms with Crippen LogP contribution in [0.1, 0.15) is 30.6 Å². The molecule has 134 valence electrons. The molecule has 0 aromatic heterocycles. The summed E-state index contributed by atoms with van der Waals surface area (Å²) in [5, 5.41) is 9.36. The normalized spacial score (nSPS) is 22.5. The van der Waals surface area contributed by atoms with Gasteiger partial charge in [0.15, 0.2) is 0 Å². The van der Waals surface area contributed by atoms with Crippen LogP contribution in [0, 0.1) is 0 Å². The lowest BCUT2D eigenvalue weighted by atomic mass is 9.99. The van der Waals surface area contributed by atoms with Crippen molar-refractivity contribution in [2.24, 2.45) is 0 Å². The number of hydrogen-bond acceptors (Lipinski definition) is 4. The Labute approximate surface area is 148 Å². The van der Waals surface area contributed by atoms with Gasteiger partial charge in [0, 0.05) is 12.1 Å². The molecule has 0 saturated carbocycles. The lowest BCUT2D eigenvalue weighted by Crippen LogP contribution is -2.49. The molecule has 0 amide bonds. The second-order valence-corrected chi connectivity index (χ2v) is 7.93. The molecule has 2 atom stereocenters. The van der Waals surface area contributed by atoms with Crippen LogP contribution in [-0.4, -0.2) is 37.0 Å². The minimum absolute atomic E-state index is 0.0698. The molecule has 25 heavy (non-hydrogen) atoms. The predicted octanol–water partition coefficient (Wildman–Crippen LogP) is 2.72. The Morgan fingerprint density at radius 1 is 1.08 bits per heavy atom. The number of benzene rings is 2. The van der Waals surface area contributed by atoms with Crippen molar-refractivity contribution in [3.8, 4) is 0 Å². The van der Waals surface area contributed by atoms with Crippen molar-refractivity contribution in [1.29, 1.82) is 0 Å². The van der Waals surface area contributed by atoms with E-state index >= 15 is 0 Å². The molecule has 0 unspecified atom stereocenters. The Bertz CT molecular complexity index is 807. The molecule has 0 fully saturated rings. The Hall–Kier alpha value is -1.73. The molecule has 0 bridgehead atoms. The zero-order valence-corrected chi connectivity index (χ0v) is 15.0. The first-order valence-corrected chi connectivity index (χ1v) is 9.90. The van der Waals surface area contributed by atoms with Crippen molar-refractivity contribution in [2.45, 2.75) is 37.0 Å². The van der Waals surface area contributed by atoms with Gasteiger partial charge in [-0.2, -0.15) is 4.31 Å². The van der Waals surface area contributed by atoms with Gasteiger partial charge >= 0.3 is 0 Å². The van der Waals surface area contributed by atoms with Crippen molar-refractivity contribution in [3.05, 3.63) is 65.7 Å². The van der Waals surface area contributed by atoms with Gasteiger partial charge in [-0.05, 0) is 18.1 Å². The summed E-state index contributed by atoms with van der Waals surface area (Å²) in [7, 11) is -3.63. The Morgan fingerprint density at radius 2 is 1.76 bits per heavy atom. The maximum atomic E-state index is 12.9. The first-order chi connectivity index (χ1) is 12.1. The number of fused-ring (bicyclic) bond motifs is 1. The monoisotopic (exact) mass is 361 g/mol. The summed E-state index contributed by atoms with van der Waals surface area (Å²) < 4.78 is 33.4. The maximum Gasteiger partial charge on any atom is 0.243 e. The van der Waals surface area contributed by atoms with Crippen molar-refractivity contribution < 1.29 is 18.3 Å². The number of sulfonamides is 1. The van der Waals surface area contributed by atoms with Crippen LogP contribution in [0.3, 0.4) is 0 Å². The van der Waals surface area contributed by atoms with Crippen molar-refractivity contribution in [3.63, 3.8) is 0 Å². The number of β-amino-alcohol motifs (C(OH)–C–C–N with tert-alkyl or cyclic N) is 1. The van der Waals surface area contributed by atoms with Gasteiger partial charge in [0.1, 0.15) is 6.10 Å². The van der Waals surface area contributed by atoms with E-state index in [9.17, 15) is 13.5 Å². The largest absolute Gasteiger partial charge is 0.395 e. The zero-order valence-electron chi connectivity index (χ0n) is 14.2. The first kappa shape index (κ1) is 18.1. The summed E-state index contributed by atoms with van der Waals surface area (Å²) >= 11 is 0. The number of aliphatic hydroxyl groups excluding tert-OH is 1. The number of ether oxygens (including phenoxy) is 1. The number of hydrogen-bond donors (Lipinski definition) is 1. The summed E-state index contributed by atoms with van der Waals surface area (Å²) in [5.41, 5.74) is 1.73. The van der Waals surface area contributed by atoms with Crippen molar-refractivity contribution >= 4 is 10.0 Å². The van der Waals surface area contributed by atoms with Crippen LogP contribution in [0.25, 0.3) is 0 Å². The molecular formula is C19H23NO4S. The van der Waals surface area contributed by atoms with Gasteiger partial charge in [-0.25, -0.2) is 8.42 Å². The molecule has 3 rings (SSSR count). The highest BCUT2D eigenvalue weighted by molar-refractivity contribution is 7.89. The van der Waals surface area contributed by atoms with Crippen LogP contribution in [0.4, 0.5) is 0 Å². The van der Waals surface area contributed by atoms with E-state index in [2.05, 4.69) is 0 Å². The van der Waals surface area contributed by atoms with Gasteiger partial charge < -0.3 is 9.84 Å². The summed E-state index contributed by atoms with van der Waals surface area (Å²) in [5.74, 6) is 0. The molecule has 1 N–H and O–H groups in total. The molecule has 0 aliphatic carbocycles. The topological polar surface area (TPSA) is 66.8 Å². The van der Waals surface area contributed by atoms with Crippen LogP contribution in [0.5, 0.6) is 0 Å². The van der Waals surface area contributed by atoms with E-state index in [1.54, 1.807) is 12.1 Å². The molecular weight excluding hydrogens is 338 g/mol. The fourth-order valence-corrected chi connectivity index (χ4v) is 5.30. The first-order valence-electron chi connectivity index (χ1n) is 8.46. The molecule has 0 spiro atoms. The average Bonchev–Trinajstić information content (AvgIpc) is 2.64. The maximum absolute atomic E-state index is 12.9. The molecule has 1 aliphatic rings. The van der Waals surface area contributed by atoms with E-state index in [1.165, 1.54) is 4.31 Å². The molecule has 2 aromatic rings. The molecule has 0 saturated heterocycles. The fraction of sp³-hybridized carbons (Fsp3) is 0.368. The van der Waals surface area contributed by atoms with Gasteiger partial charge in [0.25, 0.3) is 0 Å². The highest BCUT2D eigenvalue weighted by Crippen LogP contribution is 2.40. The molecule has 0 radical (unpaired) electrons. The number of nitrogens with zero attached hydrogens (tertiary/aromatic N) is 1. The Morgan fingerprint density at radius 3 is 2.44 bits per heavy atom. The molecule has 1 heterocycles. The van der Waals surface area contributed by atoms with E-state index in [0.717, 1.165) is 5.56 Å². The minimum Gasteiger partial charge on any atom is -0.395 e. The third-order valence-corrected chi connectivity index (χ3v) is 6.54. The summed E-state index contributed by atoms with van der Waals surface area (Å²) in [6, 6.07) is 16.5. The van der Waals surface area contributed by atoms with Crippen LogP contribution in [0.15, 0.2) is 59.5 Å². The lowest BCUT2D eigenvalue weighted by molar-refractivity contribution is -0.0153. The summed E-state index contributed by atoms with van der Waals surface area (Å²) in [4.78, 5) is 0.270. The molecule has 1 aliphatic heterocycles. The highest BCUT2D eigenvalue weighted by atomic mass is 32.2. The van der Waals surface area contributed by atoms with E-state index in [4.69, 9.17) is 4.74 Å². The SMILES string of the molecule is CC[C@@H]1[C@H](OCc2ccccc2)c2ccccc2S(=O)(=O)N1CCO. The Kier molecular flexibility index (Phi) is 5.54. The highest BCUT2D eigenvalue weighted by Gasteiger charge is 2.43. The van der Waals surface area contributed by atoms with Crippen LogP contribution >= 0.6 is 0 Å². The average molecular weight is 361 g/mol. The van der Waals surface area contributed by atoms with Gasteiger partial charge in [0.05, 0.1) is 24.2 Å². The van der Waals surface area contributed by atoms with Crippen LogP contribution in [-0.2, 0) is 21.4 Å².